The first-order valence-corrected chi connectivity index (χ1v) is 5.64. The average molecular weight is 230 g/mol. The van der Waals surface area contributed by atoms with Crippen molar-refractivity contribution < 1.29 is 8.42 Å². The van der Waals surface area contributed by atoms with Crippen LogP contribution in [0.2, 0.25) is 0 Å². The summed E-state index contributed by atoms with van der Waals surface area (Å²) in [5, 5.41) is 9.23. The zero-order chi connectivity index (χ0) is 11.1. The van der Waals surface area contributed by atoms with Crippen LogP contribution in [-0.2, 0) is 10.0 Å². The van der Waals surface area contributed by atoms with Gasteiger partial charge in [0.1, 0.15) is 4.90 Å². The number of hydrogen-bond acceptors (Lipinski definition) is 4. The Morgan fingerprint density at radius 1 is 1.67 bits per heavy atom. The van der Waals surface area contributed by atoms with Crippen LogP contribution < -0.4 is 4.72 Å². The van der Waals surface area contributed by atoms with E-state index in [9.17, 15) is 8.42 Å². The highest BCUT2D eigenvalue weighted by Gasteiger charge is 2.13. The highest BCUT2D eigenvalue weighted by molar-refractivity contribution is 7.89. The molecule has 15 heavy (non-hydrogen) atoms. The Balaban J connectivity index is 2.41. The Labute approximate surface area is 86.4 Å². The lowest BCUT2D eigenvalue weighted by molar-refractivity contribution is 0.579. The lowest BCUT2D eigenvalue weighted by atomic mass is 10.4. The molecule has 0 aliphatic rings. The molecule has 0 bridgehead atoms. The van der Waals surface area contributed by atoms with Gasteiger partial charge in [-0.1, -0.05) is 5.11 Å². The number of sulfonamides is 1. The predicted octanol–water partition coefficient (Wildman–Crippen LogP) is 0.388. The van der Waals surface area contributed by atoms with Gasteiger partial charge in [-0.2, -0.15) is 5.10 Å². The molecule has 0 aromatic carbocycles. The molecule has 1 rings (SSSR count). The molecular formula is C6H10N6O2S. The van der Waals surface area contributed by atoms with Crippen molar-refractivity contribution in [1.29, 1.82) is 0 Å². The first kappa shape index (κ1) is 11.5. The van der Waals surface area contributed by atoms with Gasteiger partial charge in [-0.3, -0.25) is 5.10 Å². The smallest absolute Gasteiger partial charge is 0.243 e. The highest BCUT2D eigenvalue weighted by atomic mass is 32.2. The van der Waals surface area contributed by atoms with E-state index < -0.39 is 10.0 Å². The van der Waals surface area contributed by atoms with Gasteiger partial charge in [-0.05, 0) is 12.0 Å². The largest absolute Gasteiger partial charge is 0.284 e. The number of aromatic amines is 1. The number of rotatable bonds is 6. The average Bonchev–Trinajstić information content (AvgIpc) is 2.70. The van der Waals surface area contributed by atoms with Crippen molar-refractivity contribution in [2.45, 2.75) is 11.3 Å². The molecule has 82 valence electrons. The van der Waals surface area contributed by atoms with Crippen LogP contribution in [-0.4, -0.2) is 31.7 Å². The molecule has 1 heterocycles. The fourth-order valence-electron chi connectivity index (χ4n) is 0.870. The van der Waals surface area contributed by atoms with Crippen LogP contribution >= 0.6 is 0 Å². The Kier molecular flexibility index (Phi) is 4.10. The van der Waals surface area contributed by atoms with Gasteiger partial charge < -0.3 is 0 Å². The predicted molar refractivity (Wildman–Crippen MR) is 52.4 cm³/mol. The first-order valence-electron chi connectivity index (χ1n) is 4.16. The molecule has 0 saturated carbocycles. The van der Waals surface area contributed by atoms with E-state index in [2.05, 4.69) is 24.9 Å². The van der Waals surface area contributed by atoms with E-state index >= 15 is 0 Å². The summed E-state index contributed by atoms with van der Waals surface area (Å²) in [6.07, 6.45) is 2.96. The number of aromatic nitrogens is 2. The molecular weight excluding hydrogens is 220 g/mol. The van der Waals surface area contributed by atoms with Crippen LogP contribution in [0.5, 0.6) is 0 Å². The second-order valence-corrected chi connectivity index (χ2v) is 4.41. The normalized spacial score (nSPS) is 10.9. The molecule has 0 fully saturated rings. The van der Waals surface area contributed by atoms with E-state index in [-0.39, 0.29) is 18.0 Å². The van der Waals surface area contributed by atoms with Crippen molar-refractivity contribution in [2.75, 3.05) is 13.1 Å². The molecule has 9 heteroatoms. The van der Waals surface area contributed by atoms with Crippen LogP contribution in [0, 0.1) is 0 Å². The third-order valence-electron chi connectivity index (χ3n) is 1.57. The monoisotopic (exact) mass is 230 g/mol. The summed E-state index contributed by atoms with van der Waals surface area (Å²) in [5.41, 5.74) is 7.98. The second-order valence-electron chi connectivity index (χ2n) is 2.64. The van der Waals surface area contributed by atoms with Gasteiger partial charge in [-0.25, -0.2) is 13.1 Å². The van der Waals surface area contributed by atoms with E-state index in [1.807, 2.05) is 0 Å². The Bertz CT molecular complexity index is 432. The van der Waals surface area contributed by atoms with Crippen LogP contribution in [0.25, 0.3) is 10.4 Å². The molecule has 0 saturated heterocycles. The lowest BCUT2D eigenvalue weighted by Crippen LogP contribution is -2.24. The fraction of sp³-hybridized carbons (Fsp3) is 0.500. The molecule has 0 spiro atoms. The molecule has 0 atom stereocenters. The van der Waals surface area contributed by atoms with Crippen LogP contribution in [0.15, 0.2) is 22.4 Å². The van der Waals surface area contributed by atoms with Crippen LogP contribution in [0.3, 0.4) is 0 Å². The van der Waals surface area contributed by atoms with Crippen molar-refractivity contribution in [1.82, 2.24) is 14.9 Å². The Hall–Kier alpha value is -1.57. The van der Waals surface area contributed by atoms with E-state index in [4.69, 9.17) is 5.53 Å². The number of hydrogen-bond donors (Lipinski definition) is 2. The zero-order valence-corrected chi connectivity index (χ0v) is 8.61. The van der Waals surface area contributed by atoms with Crippen molar-refractivity contribution in [3.05, 3.63) is 22.8 Å². The fourth-order valence-corrected chi connectivity index (χ4v) is 1.85. The Morgan fingerprint density at radius 2 is 2.47 bits per heavy atom. The zero-order valence-electron chi connectivity index (χ0n) is 7.79. The van der Waals surface area contributed by atoms with E-state index in [1.54, 1.807) is 0 Å². The summed E-state index contributed by atoms with van der Waals surface area (Å²) in [4.78, 5) is 2.64. The number of H-pyrrole nitrogens is 1. The molecule has 0 radical (unpaired) electrons. The summed E-state index contributed by atoms with van der Waals surface area (Å²) in [7, 11) is -3.48. The summed E-state index contributed by atoms with van der Waals surface area (Å²) in [5.74, 6) is 0. The maximum Gasteiger partial charge on any atom is 0.243 e. The van der Waals surface area contributed by atoms with Gasteiger partial charge in [0.05, 0.1) is 6.20 Å². The maximum atomic E-state index is 11.5. The standard InChI is InChI=1S/C6H10N6O2S/c7-12-8-2-1-3-11-15(13,14)6-4-9-10-5-6/h4-5,11H,1-3H2,(H,9,10). The molecule has 8 nitrogen and oxygen atoms in total. The minimum Gasteiger partial charge on any atom is -0.284 e. The minimum atomic E-state index is -3.48. The Morgan fingerprint density at radius 3 is 3.07 bits per heavy atom. The van der Waals surface area contributed by atoms with Gasteiger partial charge in [0.15, 0.2) is 0 Å². The quantitative estimate of drug-likeness (QED) is 0.318. The number of azide groups is 1. The summed E-state index contributed by atoms with van der Waals surface area (Å²) >= 11 is 0. The third kappa shape index (κ3) is 3.58. The lowest BCUT2D eigenvalue weighted by Gasteiger charge is -2.02. The van der Waals surface area contributed by atoms with E-state index in [0.29, 0.717) is 6.42 Å². The summed E-state index contributed by atoms with van der Waals surface area (Å²) < 4.78 is 25.3. The molecule has 2 N–H and O–H groups in total. The molecule has 0 aliphatic carbocycles. The molecule has 0 aliphatic heterocycles. The van der Waals surface area contributed by atoms with Crippen molar-refractivity contribution in [3.8, 4) is 0 Å². The van der Waals surface area contributed by atoms with Crippen LogP contribution in [0.1, 0.15) is 6.42 Å². The summed E-state index contributed by atoms with van der Waals surface area (Å²) in [6, 6.07) is 0. The topological polar surface area (TPSA) is 124 Å². The highest BCUT2D eigenvalue weighted by Crippen LogP contribution is 2.03. The van der Waals surface area contributed by atoms with Crippen molar-refractivity contribution >= 4 is 10.0 Å². The van der Waals surface area contributed by atoms with Gasteiger partial charge in [0.25, 0.3) is 0 Å². The molecule has 1 aromatic rings. The van der Waals surface area contributed by atoms with E-state index in [0.717, 1.165) is 0 Å². The second kappa shape index (κ2) is 5.35. The van der Waals surface area contributed by atoms with E-state index in [1.165, 1.54) is 12.4 Å². The number of nitrogens with one attached hydrogen (secondary N) is 2. The number of nitrogens with zero attached hydrogens (tertiary/aromatic N) is 4. The minimum absolute atomic E-state index is 0.0892. The first-order chi connectivity index (χ1) is 7.17. The van der Waals surface area contributed by atoms with Gasteiger partial charge in [-0.15, -0.1) is 0 Å². The van der Waals surface area contributed by atoms with Crippen molar-refractivity contribution in [2.24, 2.45) is 5.11 Å². The van der Waals surface area contributed by atoms with Crippen LogP contribution in [0.4, 0.5) is 0 Å². The van der Waals surface area contributed by atoms with Gasteiger partial charge in [0, 0.05) is 24.2 Å². The van der Waals surface area contributed by atoms with Gasteiger partial charge >= 0.3 is 0 Å². The summed E-state index contributed by atoms with van der Waals surface area (Å²) in [6.45, 7) is 0.497. The van der Waals surface area contributed by atoms with Gasteiger partial charge in [0.2, 0.25) is 10.0 Å². The SMILES string of the molecule is [N-]=[N+]=NCCCNS(=O)(=O)c1cn[nH]c1. The third-order valence-corrected chi connectivity index (χ3v) is 3.00. The molecule has 1 aromatic heterocycles. The maximum absolute atomic E-state index is 11.5. The molecule has 0 unspecified atom stereocenters. The molecule has 0 amide bonds. The van der Waals surface area contributed by atoms with Crippen molar-refractivity contribution in [3.63, 3.8) is 0 Å².